The van der Waals surface area contributed by atoms with Crippen LogP contribution in [0.4, 0.5) is 0 Å². The van der Waals surface area contributed by atoms with E-state index >= 15 is 0 Å². The lowest BCUT2D eigenvalue weighted by molar-refractivity contribution is 0.0150. The van der Waals surface area contributed by atoms with Crippen LogP contribution in [0.15, 0.2) is 16.5 Å². The van der Waals surface area contributed by atoms with E-state index in [1.165, 1.54) is 0 Å². The third-order valence-electron chi connectivity index (χ3n) is 3.38. The zero-order valence-electron chi connectivity index (χ0n) is 11.2. The number of rotatable bonds is 5. The van der Waals surface area contributed by atoms with Crippen LogP contribution >= 0.6 is 15.9 Å². The molecule has 0 bridgehead atoms. The van der Waals surface area contributed by atoms with Crippen molar-refractivity contribution in [2.75, 3.05) is 25.0 Å². The average molecular weight is 330 g/mol. The van der Waals surface area contributed by atoms with Gasteiger partial charge >= 0.3 is 0 Å². The predicted molar refractivity (Wildman–Crippen MR) is 76.8 cm³/mol. The summed E-state index contributed by atoms with van der Waals surface area (Å²) in [4.78, 5) is 14.1. The quantitative estimate of drug-likeness (QED) is 0.780. The van der Waals surface area contributed by atoms with Crippen LogP contribution in [-0.4, -0.2) is 41.9 Å². The molecule has 0 unspecified atom stereocenters. The molecule has 19 heavy (non-hydrogen) atoms. The fourth-order valence-corrected chi connectivity index (χ4v) is 2.46. The van der Waals surface area contributed by atoms with Gasteiger partial charge in [-0.1, -0.05) is 22.9 Å². The molecule has 0 radical (unpaired) electrons. The van der Waals surface area contributed by atoms with E-state index in [1.807, 2.05) is 17.9 Å². The van der Waals surface area contributed by atoms with Crippen LogP contribution in [0.25, 0.3) is 0 Å². The number of piperidine rings is 1. The molecule has 0 N–H and O–H groups in total. The molecule has 1 fully saturated rings. The van der Waals surface area contributed by atoms with Crippen LogP contribution in [0.2, 0.25) is 0 Å². The second kappa shape index (κ2) is 7.10. The molecule has 0 saturated carbocycles. The van der Waals surface area contributed by atoms with Crippen LogP contribution in [-0.2, 0) is 11.2 Å². The first-order valence-corrected chi connectivity index (χ1v) is 7.92. The van der Waals surface area contributed by atoms with Crippen molar-refractivity contribution in [1.29, 1.82) is 0 Å². The van der Waals surface area contributed by atoms with E-state index in [0.717, 1.165) is 50.0 Å². The molecule has 1 aliphatic heterocycles. The molecule has 2 heterocycles. The summed E-state index contributed by atoms with van der Waals surface area (Å²) >= 11 is 3.35. The van der Waals surface area contributed by atoms with Gasteiger partial charge in [0.1, 0.15) is 5.76 Å². The van der Waals surface area contributed by atoms with Crippen LogP contribution in [0.3, 0.4) is 0 Å². The summed E-state index contributed by atoms with van der Waals surface area (Å²) in [6.45, 7) is 4.23. The van der Waals surface area contributed by atoms with E-state index in [-0.39, 0.29) is 12.0 Å². The van der Waals surface area contributed by atoms with Gasteiger partial charge in [-0.3, -0.25) is 4.79 Å². The maximum atomic E-state index is 12.2. The maximum absolute atomic E-state index is 12.2. The van der Waals surface area contributed by atoms with Gasteiger partial charge in [-0.25, -0.2) is 0 Å². The molecule has 1 amide bonds. The second-order valence-corrected chi connectivity index (χ2v) is 5.46. The Morgan fingerprint density at radius 1 is 1.47 bits per heavy atom. The highest BCUT2D eigenvalue weighted by Crippen LogP contribution is 2.18. The number of carbonyl (C=O) groups is 1. The Balaban J connectivity index is 1.85. The number of furan rings is 1. The van der Waals surface area contributed by atoms with E-state index < -0.39 is 0 Å². The van der Waals surface area contributed by atoms with Gasteiger partial charge in [0, 0.05) is 24.8 Å². The molecule has 106 valence electrons. The largest absolute Gasteiger partial charge is 0.456 e. The summed E-state index contributed by atoms with van der Waals surface area (Å²) in [5, 5.41) is 0.859. The summed E-state index contributed by atoms with van der Waals surface area (Å²) in [5.74, 6) is 1.31. The molecule has 0 spiro atoms. The van der Waals surface area contributed by atoms with Crippen molar-refractivity contribution >= 4 is 21.8 Å². The first-order valence-electron chi connectivity index (χ1n) is 6.80. The van der Waals surface area contributed by atoms with Gasteiger partial charge in [-0.15, -0.1) is 0 Å². The monoisotopic (exact) mass is 329 g/mol. The zero-order valence-corrected chi connectivity index (χ0v) is 12.8. The number of halogens is 1. The van der Waals surface area contributed by atoms with E-state index in [9.17, 15) is 4.79 Å². The minimum atomic E-state index is -0.00126. The smallest absolute Gasteiger partial charge is 0.289 e. The molecule has 0 aromatic carbocycles. The number of hydrogen-bond acceptors (Lipinski definition) is 3. The highest BCUT2D eigenvalue weighted by atomic mass is 79.9. The van der Waals surface area contributed by atoms with Crippen LogP contribution < -0.4 is 0 Å². The minimum Gasteiger partial charge on any atom is -0.456 e. The molecular weight excluding hydrogens is 310 g/mol. The van der Waals surface area contributed by atoms with Crippen molar-refractivity contribution < 1.29 is 13.9 Å². The molecule has 1 aromatic rings. The third-order valence-corrected chi connectivity index (χ3v) is 3.70. The Morgan fingerprint density at radius 2 is 2.21 bits per heavy atom. The molecule has 5 heteroatoms. The molecule has 1 saturated heterocycles. The fraction of sp³-hybridized carbons (Fsp3) is 0.643. The van der Waals surface area contributed by atoms with Gasteiger partial charge in [0.05, 0.1) is 12.7 Å². The van der Waals surface area contributed by atoms with Crippen molar-refractivity contribution in [1.82, 2.24) is 4.90 Å². The molecule has 0 atom stereocenters. The standard InChI is InChI=1S/C14H20BrNO3/c1-2-11-3-4-13(19-11)14(17)16-8-5-12(6-9-16)18-10-7-15/h3-4,12H,2,5-10H2,1H3. The SMILES string of the molecule is CCc1ccc(C(=O)N2CCC(OCCBr)CC2)o1. The van der Waals surface area contributed by atoms with Gasteiger partial charge in [-0.2, -0.15) is 0 Å². The molecule has 1 aromatic heterocycles. The molecule has 1 aliphatic rings. The minimum absolute atomic E-state index is 0.00126. The first kappa shape index (κ1) is 14.6. The van der Waals surface area contributed by atoms with Gasteiger partial charge in [0.2, 0.25) is 0 Å². The van der Waals surface area contributed by atoms with E-state index in [2.05, 4.69) is 15.9 Å². The second-order valence-electron chi connectivity index (χ2n) is 4.67. The van der Waals surface area contributed by atoms with Crippen LogP contribution in [0, 0.1) is 0 Å². The van der Waals surface area contributed by atoms with Crippen molar-refractivity contribution in [2.24, 2.45) is 0 Å². The Bertz CT molecular complexity index is 411. The van der Waals surface area contributed by atoms with Crippen LogP contribution in [0.1, 0.15) is 36.1 Å². The summed E-state index contributed by atoms with van der Waals surface area (Å²) in [6.07, 6.45) is 2.90. The number of hydrogen-bond donors (Lipinski definition) is 0. The number of amides is 1. The van der Waals surface area contributed by atoms with E-state index in [1.54, 1.807) is 6.07 Å². The summed E-state index contributed by atoms with van der Waals surface area (Å²) in [5.41, 5.74) is 0. The average Bonchev–Trinajstić information content (AvgIpc) is 2.94. The lowest BCUT2D eigenvalue weighted by Gasteiger charge is -2.31. The molecular formula is C14H20BrNO3. The van der Waals surface area contributed by atoms with Crippen LogP contribution in [0.5, 0.6) is 0 Å². The Labute approximate surface area is 122 Å². The van der Waals surface area contributed by atoms with Gasteiger partial charge in [0.25, 0.3) is 5.91 Å². The Kier molecular flexibility index (Phi) is 5.45. The lowest BCUT2D eigenvalue weighted by atomic mass is 10.1. The number of alkyl halides is 1. The normalized spacial score (nSPS) is 16.8. The number of ether oxygens (including phenoxy) is 1. The Morgan fingerprint density at radius 3 is 2.79 bits per heavy atom. The van der Waals surface area contributed by atoms with Crippen molar-refractivity contribution in [3.63, 3.8) is 0 Å². The van der Waals surface area contributed by atoms with E-state index in [0.29, 0.717) is 5.76 Å². The van der Waals surface area contributed by atoms with E-state index in [4.69, 9.17) is 9.15 Å². The van der Waals surface area contributed by atoms with Crippen molar-refractivity contribution in [3.8, 4) is 0 Å². The highest BCUT2D eigenvalue weighted by molar-refractivity contribution is 9.09. The number of likely N-dealkylation sites (tertiary alicyclic amines) is 1. The number of carbonyl (C=O) groups excluding carboxylic acids is 1. The van der Waals surface area contributed by atoms with Gasteiger partial charge in [0.15, 0.2) is 5.76 Å². The van der Waals surface area contributed by atoms with Crippen molar-refractivity contribution in [3.05, 3.63) is 23.7 Å². The van der Waals surface area contributed by atoms with Gasteiger partial charge < -0.3 is 14.1 Å². The Hall–Kier alpha value is -0.810. The molecule has 4 nitrogen and oxygen atoms in total. The summed E-state index contributed by atoms with van der Waals surface area (Å²) in [7, 11) is 0. The fourth-order valence-electron chi connectivity index (χ4n) is 2.28. The topological polar surface area (TPSA) is 42.7 Å². The first-order chi connectivity index (χ1) is 9.24. The summed E-state index contributed by atoms with van der Waals surface area (Å²) < 4.78 is 11.2. The third kappa shape index (κ3) is 3.83. The van der Waals surface area contributed by atoms with Gasteiger partial charge in [-0.05, 0) is 25.0 Å². The zero-order chi connectivity index (χ0) is 13.7. The molecule has 2 rings (SSSR count). The molecule has 0 aliphatic carbocycles. The number of nitrogens with zero attached hydrogens (tertiary/aromatic N) is 1. The predicted octanol–water partition coefficient (Wildman–Crippen LogP) is 2.86. The summed E-state index contributed by atoms with van der Waals surface area (Å²) in [6, 6.07) is 3.65. The number of aryl methyl sites for hydroxylation is 1. The maximum Gasteiger partial charge on any atom is 0.289 e. The van der Waals surface area contributed by atoms with Crippen molar-refractivity contribution in [2.45, 2.75) is 32.3 Å². The highest BCUT2D eigenvalue weighted by Gasteiger charge is 2.25. The lowest BCUT2D eigenvalue weighted by Crippen LogP contribution is -2.40.